The van der Waals surface area contributed by atoms with Gasteiger partial charge in [-0.25, -0.2) is 4.98 Å². The van der Waals surface area contributed by atoms with Gasteiger partial charge in [-0.3, -0.25) is 4.98 Å². The zero-order valence-corrected chi connectivity index (χ0v) is 18.8. The maximum absolute atomic E-state index is 6.04. The van der Waals surface area contributed by atoms with Crippen LogP contribution in [0.3, 0.4) is 0 Å². The van der Waals surface area contributed by atoms with Crippen molar-refractivity contribution in [3.05, 3.63) is 47.8 Å². The fraction of sp³-hybridized carbons (Fsp3) is 0.458. The first-order valence-corrected chi connectivity index (χ1v) is 10.9. The number of nitrogens with one attached hydrogen (secondary N) is 1. The van der Waals surface area contributed by atoms with E-state index < -0.39 is 0 Å². The second kappa shape index (κ2) is 10.3. The molecule has 0 fully saturated rings. The van der Waals surface area contributed by atoms with Gasteiger partial charge < -0.3 is 15.0 Å². The summed E-state index contributed by atoms with van der Waals surface area (Å²) in [6.45, 7) is 13.9. The Balaban J connectivity index is 1.64. The van der Waals surface area contributed by atoms with Gasteiger partial charge in [-0.15, -0.1) is 0 Å². The number of nitrogens with zero attached hydrogens (tertiary/aromatic N) is 4. The summed E-state index contributed by atoms with van der Waals surface area (Å²) in [6.07, 6.45) is 2.22. The Labute approximate surface area is 179 Å². The molecule has 0 saturated heterocycles. The molecule has 6 heteroatoms. The highest BCUT2D eigenvalue weighted by Gasteiger charge is 2.09. The molecule has 0 saturated carbocycles. The minimum atomic E-state index is 0.296. The molecule has 0 amide bonds. The Hall–Kier alpha value is -2.73. The summed E-state index contributed by atoms with van der Waals surface area (Å²) in [6, 6.07) is 12.1. The summed E-state index contributed by atoms with van der Waals surface area (Å²) in [7, 11) is 0. The number of fused-ring (bicyclic) bond motifs is 1. The molecule has 0 radical (unpaired) electrons. The number of benzene rings is 1. The molecule has 30 heavy (non-hydrogen) atoms. The molecule has 3 rings (SSSR count). The lowest BCUT2D eigenvalue weighted by Gasteiger charge is -2.20. The molecule has 0 aliphatic carbocycles. The Bertz CT molecular complexity index is 971. The van der Waals surface area contributed by atoms with Crippen molar-refractivity contribution in [1.29, 1.82) is 0 Å². The van der Waals surface area contributed by atoms with E-state index in [0.29, 0.717) is 17.9 Å². The van der Waals surface area contributed by atoms with Crippen molar-refractivity contribution < 1.29 is 4.74 Å². The molecule has 1 unspecified atom stereocenters. The van der Waals surface area contributed by atoms with Crippen LogP contribution in [-0.4, -0.2) is 45.5 Å². The third kappa shape index (κ3) is 6.13. The monoisotopic (exact) mass is 407 g/mol. The molecule has 1 aromatic carbocycles. The van der Waals surface area contributed by atoms with Crippen molar-refractivity contribution in [3.8, 4) is 11.6 Å². The van der Waals surface area contributed by atoms with E-state index in [0.717, 1.165) is 60.5 Å². The number of aromatic nitrogens is 3. The first-order valence-electron chi connectivity index (χ1n) is 10.9. The van der Waals surface area contributed by atoms with Crippen molar-refractivity contribution >= 4 is 16.9 Å². The molecular weight excluding hydrogens is 374 g/mol. The van der Waals surface area contributed by atoms with Crippen LogP contribution in [0.5, 0.6) is 11.6 Å². The quantitative estimate of drug-likeness (QED) is 0.488. The number of rotatable bonds is 10. The Morgan fingerprint density at radius 1 is 0.967 bits per heavy atom. The van der Waals surface area contributed by atoms with E-state index in [1.54, 1.807) is 0 Å². The fourth-order valence-corrected chi connectivity index (χ4v) is 3.50. The Morgan fingerprint density at radius 2 is 1.77 bits per heavy atom. The second-order valence-corrected chi connectivity index (χ2v) is 7.79. The summed E-state index contributed by atoms with van der Waals surface area (Å²) in [5.41, 5.74) is 2.84. The topological polar surface area (TPSA) is 63.2 Å². The van der Waals surface area contributed by atoms with Crippen molar-refractivity contribution in [3.63, 3.8) is 0 Å². The van der Waals surface area contributed by atoms with Gasteiger partial charge in [-0.1, -0.05) is 19.9 Å². The summed E-state index contributed by atoms with van der Waals surface area (Å²) >= 11 is 0. The Morgan fingerprint density at radius 3 is 2.53 bits per heavy atom. The summed E-state index contributed by atoms with van der Waals surface area (Å²) in [5, 5.41) is 4.47. The lowest BCUT2D eigenvalue weighted by molar-refractivity contribution is 0.295. The molecule has 3 aromatic rings. The van der Waals surface area contributed by atoms with Gasteiger partial charge in [0.25, 0.3) is 0 Å². The predicted octanol–water partition coefficient (Wildman–Crippen LogP) is 5.36. The largest absolute Gasteiger partial charge is 0.439 e. The van der Waals surface area contributed by atoms with Gasteiger partial charge in [-0.2, -0.15) is 4.98 Å². The van der Waals surface area contributed by atoms with E-state index >= 15 is 0 Å². The minimum Gasteiger partial charge on any atom is -0.439 e. The smallest absolute Gasteiger partial charge is 0.226 e. The zero-order valence-electron chi connectivity index (χ0n) is 18.8. The van der Waals surface area contributed by atoms with Crippen LogP contribution in [0.25, 0.3) is 10.9 Å². The van der Waals surface area contributed by atoms with E-state index in [1.165, 1.54) is 0 Å². The van der Waals surface area contributed by atoms with Crippen LogP contribution >= 0.6 is 0 Å². The standard InChI is InChI=1S/C24H33N5O/c1-6-29(7-2)14-8-9-17(3)26-24-27-19(5)15-23(28-24)30-21-12-13-22-20(16-21)11-10-18(4)25-22/h10-13,15-17H,6-9,14H2,1-5H3,(H,26,27,28). The first-order chi connectivity index (χ1) is 14.5. The van der Waals surface area contributed by atoms with E-state index in [2.05, 4.69) is 52.0 Å². The van der Waals surface area contributed by atoms with Crippen LogP contribution in [0, 0.1) is 13.8 Å². The van der Waals surface area contributed by atoms with Gasteiger partial charge >= 0.3 is 0 Å². The number of hydrogen-bond donors (Lipinski definition) is 1. The Kier molecular flexibility index (Phi) is 7.57. The average Bonchev–Trinajstić information content (AvgIpc) is 2.71. The first kappa shape index (κ1) is 22.0. The number of hydrogen-bond acceptors (Lipinski definition) is 6. The SMILES string of the molecule is CCN(CC)CCCC(C)Nc1nc(C)cc(Oc2ccc3nc(C)ccc3c2)n1. The summed E-state index contributed by atoms with van der Waals surface area (Å²) in [5.74, 6) is 1.89. The van der Waals surface area contributed by atoms with Crippen LogP contribution in [0.15, 0.2) is 36.4 Å². The van der Waals surface area contributed by atoms with Crippen LogP contribution in [0.1, 0.15) is 45.0 Å². The molecule has 0 aliphatic heterocycles. The predicted molar refractivity (Wildman–Crippen MR) is 123 cm³/mol. The van der Waals surface area contributed by atoms with E-state index in [-0.39, 0.29) is 0 Å². The van der Waals surface area contributed by atoms with Crippen molar-refractivity contribution in [2.24, 2.45) is 0 Å². The highest BCUT2D eigenvalue weighted by molar-refractivity contribution is 5.80. The van der Waals surface area contributed by atoms with Gasteiger partial charge in [0.1, 0.15) is 5.75 Å². The van der Waals surface area contributed by atoms with Crippen LogP contribution in [0.4, 0.5) is 5.95 Å². The van der Waals surface area contributed by atoms with Gasteiger partial charge in [0.2, 0.25) is 11.8 Å². The molecular formula is C24H33N5O. The average molecular weight is 408 g/mol. The molecule has 0 aliphatic rings. The highest BCUT2D eigenvalue weighted by atomic mass is 16.5. The van der Waals surface area contributed by atoms with Crippen molar-refractivity contribution in [2.75, 3.05) is 25.0 Å². The van der Waals surface area contributed by atoms with E-state index in [4.69, 9.17) is 4.74 Å². The van der Waals surface area contributed by atoms with Crippen LogP contribution in [0.2, 0.25) is 0 Å². The van der Waals surface area contributed by atoms with Gasteiger partial charge in [0.05, 0.1) is 5.52 Å². The normalized spacial score (nSPS) is 12.3. The van der Waals surface area contributed by atoms with Gasteiger partial charge in [0, 0.05) is 28.9 Å². The maximum Gasteiger partial charge on any atom is 0.226 e. The van der Waals surface area contributed by atoms with Crippen molar-refractivity contribution in [1.82, 2.24) is 19.9 Å². The lowest BCUT2D eigenvalue weighted by Crippen LogP contribution is -2.26. The van der Waals surface area contributed by atoms with E-state index in [9.17, 15) is 0 Å². The number of aryl methyl sites for hydroxylation is 2. The molecule has 0 spiro atoms. The fourth-order valence-electron chi connectivity index (χ4n) is 3.50. The molecule has 1 atom stereocenters. The molecule has 1 N–H and O–H groups in total. The third-order valence-electron chi connectivity index (χ3n) is 5.23. The van der Waals surface area contributed by atoms with Gasteiger partial charge in [-0.05, 0) is 77.5 Å². The molecule has 0 bridgehead atoms. The molecule has 2 aromatic heterocycles. The highest BCUT2D eigenvalue weighted by Crippen LogP contribution is 2.25. The van der Waals surface area contributed by atoms with E-state index in [1.807, 2.05) is 44.2 Å². The number of anilines is 1. The molecule has 6 nitrogen and oxygen atoms in total. The third-order valence-corrected chi connectivity index (χ3v) is 5.23. The van der Waals surface area contributed by atoms with Crippen LogP contribution in [-0.2, 0) is 0 Å². The second-order valence-electron chi connectivity index (χ2n) is 7.79. The summed E-state index contributed by atoms with van der Waals surface area (Å²) < 4.78 is 6.04. The van der Waals surface area contributed by atoms with Gasteiger partial charge in [0.15, 0.2) is 0 Å². The maximum atomic E-state index is 6.04. The minimum absolute atomic E-state index is 0.296. The lowest BCUT2D eigenvalue weighted by atomic mass is 10.2. The number of pyridine rings is 1. The van der Waals surface area contributed by atoms with Crippen molar-refractivity contribution in [2.45, 2.75) is 53.5 Å². The zero-order chi connectivity index (χ0) is 21.5. The summed E-state index contributed by atoms with van der Waals surface area (Å²) in [4.78, 5) is 16.1. The molecule has 160 valence electrons. The number of ether oxygens (including phenoxy) is 1. The van der Waals surface area contributed by atoms with Crippen LogP contribution < -0.4 is 10.1 Å². The molecule has 2 heterocycles.